The van der Waals surface area contributed by atoms with Crippen LogP contribution < -0.4 is 10.6 Å². The van der Waals surface area contributed by atoms with E-state index in [1.807, 2.05) is 54.6 Å². The number of carbonyl (C=O) groups excluding carboxylic acids is 2. The molecule has 2 aromatic rings. The zero-order chi connectivity index (χ0) is 16.5. The molecular weight excluding hydrogens is 288 g/mol. The maximum absolute atomic E-state index is 12.2. The molecule has 4 heteroatoms. The largest absolute Gasteiger partial charge is 0.356 e. The van der Waals surface area contributed by atoms with E-state index in [0.29, 0.717) is 18.7 Å². The second kappa shape index (κ2) is 8.73. The molecule has 2 rings (SSSR count). The SMILES string of the molecule is CC(=O)NCCCCNC(=O)c1cccc(-c2ccccc2)c1. The fourth-order valence-electron chi connectivity index (χ4n) is 2.29. The van der Waals surface area contributed by atoms with Crippen LogP contribution in [0.1, 0.15) is 30.1 Å². The van der Waals surface area contributed by atoms with E-state index < -0.39 is 0 Å². The average molecular weight is 310 g/mol. The number of unbranched alkanes of at least 4 members (excludes halogenated alkanes) is 1. The van der Waals surface area contributed by atoms with Gasteiger partial charge in [-0.1, -0.05) is 42.5 Å². The van der Waals surface area contributed by atoms with Crippen molar-refractivity contribution in [1.82, 2.24) is 10.6 Å². The van der Waals surface area contributed by atoms with Crippen molar-refractivity contribution >= 4 is 11.8 Å². The highest BCUT2D eigenvalue weighted by Crippen LogP contribution is 2.19. The Hall–Kier alpha value is -2.62. The first kappa shape index (κ1) is 16.7. The molecule has 0 saturated carbocycles. The molecule has 2 aromatic carbocycles. The summed E-state index contributed by atoms with van der Waals surface area (Å²) in [4.78, 5) is 22.9. The van der Waals surface area contributed by atoms with Crippen LogP contribution in [0.15, 0.2) is 54.6 Å². The smallest absolute Gasteiger partial charge is 0.251 e. The summed E-state index contributed by atoms with van der Waals surface area (Å²) < 4.78 is 0. The van der Waals surface area contributed by atoms with Gasteiger partial charge in [-0.25, -0.2) is 0 Å². The normalized spacial score (nSPS) is 10.1. The third-order valence-corrected chi connectivity index (χ3v) is 3.49. The van der Waals surface area contributed by atoms with Crippen LogP contribution in [0.4, 0.5) is 0 Å². The van der Waals surface area contributed by atoms with Crippen molar-refractivity contribution in [1.29, 1.82) is 0 Å². The number of benzene rings is 2. The van der Waals surface area contributed by atoms with E-state index in [2.05, 4.69) is 10.6 Å². The number of amides is 2. The second-order valence-corrected chi connectivity index (χ2v) is 5.39. The minimum Gasteiger partial charge on any atom is -0.356 e. The Labute approximate surface area is 136 Å². The van der Waals surface area contributed by atoms with E-state index in [1.54, 1.807) is 0 Å². The van der Waals surface area contributed by atoms with Gasteiger partial charge in [-0.3, -0.25) is 9.59 Å². The molecule has 0 atom stereocenters. The van der Waals surface area contributed by atoms with Gasteiger partial charge in [-0.15, -0.1) is 0 Å². The molecule has 0 aliphatic carbocycles. The highest BCUT2D eigenvalue weighted by molar-refractivity contribution is 5.95. The molecule has 0 aliphatic heterocycles. The lowest BCUT2D eigenvalue weighted by atomic mass is 10.0. The monoisotopic (exact) mass is 310 g/mol. The summed E-state index contributed by atoms with van der Waals surface area (Å²) in [5.41, 5.74) is 2.79. The van der Waals surface area contributed by atoms with E-state index in [0.717, 1.165) is 24.0 Å². The van der Waals surface area contributed by atoms with E-state index in [9.17, 15) is 9.59 Å². The summed E-state index contributed by atoms with van der Waals surface area (Å²) in [5, 5.41) is 5.65. The lowest BCUT2D eigenvalue weighted by Crippen LogP contribution is -2.26. The molecule has 2 amide bonds. The van der Waals surface area contributed by atoms with Gasteiger partial charge in [0.1, 0.15) is 0 Å². The predicted molar refractivity (Wildman–Crippen MR) is 92.1 cm³/mol. The molecule has 0 radical (unpaired) electrons. The zero-order valence-electron chi connectivity index (χ0n) is 13.3. The molecule has 0 aliphatic rings. The molecule has 4 nitrogen and oxygen atoms in total. The van der Waals surface area contributed by atoms with Crippen LogP contribution in [0.3, 0.4) is 0 Å². The molecule has 2 N–H and O–H groups in total. The number of hydrogen-bond acceptors (Lipinski definition) is 2. The van der Waals surface area contributed by atoms with Gasteiger partial charge in [0.05, 0.1) is 0 Å². The lowest BCUT2D eigenvalue weighted by Gasteiger charge is -2.07. The van der Waals surface area contributed by atoms with E-state index >= 15 is 0 Å². The minimum atomic E-state index is -0.0673. The molecule has 0 bridgehead atoms. The fraction of sp³-hybridized carbons (Fsp3) is 0.263. The van der Waals surface area contributed by atoms with Gasteiger partial charge < -0.3 is 10.6 Å². The first-order valence-corrected chi connectivity index (χ1v) is 7.85. The quantitative estimate of drug-likeness (QED) is 0.772. The van der Waals surface area contributed by atoms with Gasteiger partial charge in [0.15, 0.2) is 0 Å². The Balaban J connectivity index is 1.84. The van der Waals surface area contributed by atoms with Crippen LogP contribution in [-0.4, -0.2) is 24.9 Å². The van der Waals surface area contributed by atoms with Gasteiger partial charge >= 0.3 is 0 Å². The van der Waals surface area contributed by atoms with Crippen molar-refractivity contribution in [2.45, 2.75) is 19.8 Å². The Kier molecular flexibility index (Phi) is 6.36. The molecule has 0 unspecified atom stereocenters. The molecule has 0 aromatic heterocycles. The third-order valence-electron chi connectivity index (χ3n) is 3.49. The van der Waals surface area contributed by atoms with Gasteiger partial charge in [0, 0.05) is 25.6 Å². The van der Waals surface area contributed by atoms with Crippen LogP contribution in [0, 0.1) is 0 Å². The number of hydrogen-bond donors (Lipinski definition) is 2. The van der Waals surface area contributed by atoms with Crippen LogP contribution in [0.25, 0.3) is 11.1 Å². The first-order chi connectivity index (χ1) is 11.2. The number of rotatable bonds is 7. The van der Waals surface area contributed by atoms with Crippen molar-refractivity contribution in [2.24, 2.45) is 0 Å². The third kappa shape index (κ3) is 5.58. The Bertz CT molecular complexity index is 653. The summed E-state index contributed by atoms with van der Waals surface area (Å²) in [6.45, 7) is 2.75. The lowest BCUT2D eigenvalue weighted by molar-refractivity contribution is -0.118. The maximum Gasteiger partial charge on any atom is 0.251 e. The molecule has 0 fully saturated rings. The average Bonchev–Trinajstić information content (AvgIpc) is 2.58. The highest BCUT2D eigenvalue weighted by atomic mass is 16.2. The predicted octanol–water partition coefficient (Wildman–Crippen LogP) is 3.00. The highest BCUT2D eigenvalue weighted by Gasteiger charge is 2.06. The summed E-state index contributed by atoms with van der Waals surface area (Å²) in [7, 11) is 0. The van der Waals surface area contributed by atoms with Gasteiger partial charge in [0.25, 0.3) is 5.91 Å². The van der Waals surface area contributed by atoms with Crippen molar-refractivity contribution in [3.63, 3.8) is 0 Å². The van der Waals surface area contributed by atoms with Crippen LogP contribution in [-0.2, 0) is 4.79 Å². The van der Waals surface area contributed by atoms with Gasteiger partial charge in [0.2, 0.25) is 5.91 Å². The van der Waals surface area contributed by atoms with Gasteiger partial charge in [-0.2, -0.15) is 0 Å². The van der Waals surface area contributed by atoms with Crippen LogP contribution in [0.2, 0.25) is 0 Å². The molecule has 0 spiro atoms. The molecule has 0 saturated heterocycles. The maximum atomic E-state index is 12.2. The minimum absolute atomic E-state index is 0.0215. The van der Waals surface area contributed by atoms with Gasteiger partial charge in [-0.05, 0) is 36.1 Å². The van der Waals surface area contributed by atoms with Crippen molar-refractivity contribution in [2.75, 3.05) is 13.1 Å². The summed E-state index contributed by atoms with van der Waals surface area (Å²) >= 11 is 0. The number of carbonyl (C=O) groups is 2. The van der Waals surface area contributed by atoms with Crippen molar-refractivity contribution < 1.29 is 9.59 Å². The summed E-state index contributed by atoms with van der Waals surface area (Å²) in [6, 6.07) is 17.6. The summed E-state index contributed by atoms with van der Waals surface area (Å²) in [5.74, 6) is -0.0888. The fourth-order valence-corrected chi connectivity index (χ4v) is 2.29. The Morgan fingerprint density at radius 1 is 0.826 bits per heavy atom. The van der Waals surface area contributed by atoms with Crippen LogP contribution in [0.5, 0.6) is 0 Å². The van der Waals surface area contributed by atoms with Crippen LogP contribution >= 0.6 is 0 Å². The molecule has 120 valence electrons. The van der Waals surface area contributed by atoms with E-state index in [1.165, 1.54) is 6.92 Å². The molecular formula is C19H22N2O2. The standard InChI is InChI=1S/C19H22N2O2/c1-15(22)20-12-5-6-13-21-19(23)18-11-7-10-17(14-18)16-8-3-2-4-9-16/h2-4,7-11,14H,5-6,12-13H2,1H3,(H,20,22)(H,21,23). The van der Waals surface area contributed by atoms with E-state index in [4.69, 9.17) is 0 Å². The van der Waals surface area contributed by atoms with Crippen molar-refractivity contribution in [3.8, 4) is 11.1 Å². The van der Waals surface area contributed by atoms with Crippen molar-refractivity contribution in [3.05, 3.63) is 60.2 Å². The topological polar surface area (TPSA) is 58.2 Å². The zero-order valence-corrected chi connectivity index (χ0v) is 13.3. The Morgan fingerprint density at radius 3 is 2.17 bits per heavy atom. The molecule has 23 heavy (non-hydrogen) atoms. The number of nitrogens with one attached hydrogen (secondary N) is 2. The first-order valence-electron chi connectivity index (χ1n) is 7.85. The van der Waals surface area contributed by atoms with E-state index in [-0.39, 0.29) is 11.8 Å². The summed E-state index contributed by atoms with van der Waals surface area (Å²) in [6.07, 6.45) is 1.69. The second-order valence-electron chi connectivity index (χ2n) is 5.39. The molecule has 0 heterocycles. The Morgan fingerprint density at radius 2 is 1.48 bits per heavy atom.